The Morgan fingerprint density at radius 2 is 1.94 bits per heavy atom. The van der Waals surface area contributed by atoms with E-state index in [2.05, 4.69) is 4.98 Å². The first kappa shape index (κ1) is 25.1. The molecule has 1 fully saturated rings. The molecule has 174 valence electrons. The zero-order chi connectivity index (χ0) is 23.0. The lowest BCUT2D eigenvalue weighted by atomic mass is 9.98. The van der Waals surface area contributed by atoms with Gasteiger partial charge in [-0.25, -0.2) is 9.18 Å². The summed E-state index contributed by atoms with van der Waals surface area (Å²) < 4.78 is 32.9. The van der Waals surface area contributed by atoms with Crippen LogP contribution in [0.5, 0.6) is 0 Å². The fraction of sp³-hybridized carbons (Fsp3) is 0.700. The van der Waals surface area contributed by atoms with Crippen LogP contribution in [0.15, 0.2) is 17.1 Å². The normalized spacial score (nSPS) is 25.4. The number of hydrogen-bond donors (Lipinski definition) is 1. The van der Waals surface area contributed by atoms with Crippen molar-refractivity contribution in [3.8, 4) is 0 Å². The lowest BCUT2D eigenvalue weighted by molar-refractivity contribution is -0.174. The van der Waals surface area contributed by atoms with Gasteiger partial charge >= 0.3 is 17.6 Å². The number of aromatic nitrogens is 2. The first-order valence-electron chi connectivity index (χ1n) is 10.4. The third kappa shape index (κ3) is 6.16. The van der Waals surface area contributed by atoms with Gasteiger partial charge in [-0.05, 0) is 18.9 Å². The third-order valence-corrected chi connectivity index (χ3v) is 5.44. The summed E-state index contributed by atoms with van der Waals surface area (Å²) in [6.45, 7) is 3.40. The molecule has 1 aromatic heterocycles. The maximum absolute atomic E-state index is 15.5. The van der Waals surface area contributed by atoms with Gasteiger partial charge in [0.05, 0.1) is 5.88 Å². The molecule has 9 nitrogen and oxygen atoms in total. The van der Waals surface area contributed by atoms with Gasteiger partial charge in [0.1, 0.15) is 12.4 Å². The predicted molar refractivity (Wildman–Crippen MR) is 111 cm³/mol. The Labute approximate surface area is 185 Å². The summed E-state index contributed by atoms with van der Waals surface area (Å²) in [4.78, 5) is 40.1. The molecular formula is C20H29ClFN3O6. The monoisotopic (exact) mass is 461 g/mol. The van der Waals surface area contributed by atoms with E-state index >= 15 is 4.39 Å². The molecule has 11 heteroatoms. The Kier molecular flexibility index (Phi) is 9.24. The molecule has 2 N–H and O–H groups in total. The molecule has 2 rings (SSSR count). The van der Waals surface area contributed by atoms with Gasteiger partial charge in [0.2, 0.25) is 0 Å². The maximum Gasteiger partial charge on any atom is 0.351 e. The fourth-order valence-electron chi connectivity index (χ4n) is 3.19. The molecule has 1 aliphatic rings. The van der Waals surface area contributed by atoms with Crippen LogP contribution in [0.25, 0.3) is 0 Å². The number of halogens is 2. The Bertz CT molecular complexity index is 822. The van der Waals surface area contributed by atoms with Crippen molar-refractivity contribution < 1.29 is 28.2 Å². The second kappa shape index (κ2) is 11.4. The zero-order valence-corrected chi connectivity index (χ0v) is 18.5. The topological polar surface area (TPSA) is 123 Å². The van der Waals surface area contributed by atoms with Gasteiger partial charge in [-0.1, -0.05) is 26.7 Å². The predicted octanol–water partition coefficient (Wildman–Crippen LogP) is 2.51. The second-order valence-electron chi connectivity index (χ2n) is 7.47. The summed E-state index contributed by atoms with van der Waals surface area (Å²) in [5.41, 5.74) is 2.98. The molecule has 0 bridgehead atoms. The van der Waals surface area contributed by atoms with Gasteiger partial charge in [0.25, 0.3) is 0 Å². The van der Waals surface area contributed by atoms with Crippen molar-refractivity contribution in [1.82, 2.24) is 9.55 Å². The second-order valence-corrected chi connectivity index (χ2v) is 7.74. The molecule has 0 aromatic carbocycles. The number of anilines is 1. The molecule has 31 heavy (non-hydrogen) atoms. The number of alkyl halides is 2. The number of ether oxygens (including phenoxy) is 3. The van der Waals surface area contributed by atoms with Gasteiger partial charge in [-0.3, -0.25) is 14.2 Å². The fourth-order valence-corrected chi connectivity index (χ4v) is 3.49. The first-order chi connectivity index (χ1) is 14.8. The number of rotatable bonds is 11. The van der Waals surface area contributed by atoms with E-state index in [1.165, 1.54) is 12.3 Å². The van der Waals surface area contributed by atoms with E-state index in [1.807, 2.05) is 13.8 Å². The maximum atomic E-state index is 15.5. The molecule has 1 saturated heterocycles. The summed E-state index contributed by atoms with van der Waals surface area (Å²) in [5, 5.41) is 0. The first-order valence-corrected chi connectivity index (χ1v) is 10.9. The van der Waals surface area contributed by atoms with Gasteiger partial charge in [-0.2, -0.15) is 4.98 Å². The van der Waals surface area contributed by atoms with E-state index in [-0.39, 0.29) is 24.5 Å². The molecule has 4 atom stereocenters. The lowest BCUT2D eigenvalue weighted by Crippen LogP contribution is -2.50. The molecule has 0 radical (unpaired) electrons. The van der Waals surface area contributed by atoms with Crippen LogP contribution in [0, 0.1) is 0 Å². The Hall–Kier alpha value is -2.20. The minimum atomic E-state index is -1.96. The highest BCUT2D eigenvalue weighted by Gasteiger charge is 2.59. The van der Waals surface area contributed by atoms with E-state index in [9.17, 15) is 14.4 Å². The smallest absolute Gasteiger partial charge is 0.351 e. The highest BCUT2D eigenvalue weighted by atomic mass is 35.5. The molecule has 0 amide bonds. The van der Waals surface area contributed by atoms with Crippen LogP contribution < -0.4 is 11.4 Å². The number of nitrogens with zero attached hydrogens (tertiary/aromatic N) is 2. The minimum absolute atomic E-state index is 0.0364. The van der Waals surface area contributed by atoms with Crippen molar-refractivity contribution in [2.75, 3.05) is 18.2 Å². The Morgan fingerprint density at radius 3 is 2.52 bits per heavy atom. The van der Waals surface area contributed by atoms with Crippen LogP contribution in [0.4, 0.5) is 10.2 Å². The van der Waals surface area contributed by atoms with Crippen molar-refractivity contribution in [3.05, 3.63) is 22.7 Å². The van der Waals surface area contributed by atoms with Crippen LogP contribution in [-0.4, -0.2) is 51.9 Å². The molecule has 1 aromatic rings. The molecule has 0 spiro atoms. The summed E-state index contributed by atoms with van der Waals surface area (Å²) in [6, 6.07) is 1.31. The van der Waals surface area contributed by atoms with Crippen molar-refractivity contribution in [2.45, 2.75) is 76.5 Å². The van der Waals surface area contributed by atoms with Gasteiger partial charge in [0.15, 0.2) is 24.1 Å². The lowest BCUT2D eigenvalue weighted by Gasteiger charge is -2.31. The van der Waals surface area contributed by atoms with Crippen molar-refractivity contribution in [1.29, 1.82) is 0 Å². The summed E-state index contributed by atoms with van der Waals surface area (Å²) in [6.07, 6.45) is -0.691. The van der Waals surface area contributed by atoms with Crippen LogP contribution in [0.3, 0.4) is 0 Å². The molecule has 1 aliphatic heterocycles. The Balaban J connectivity index is 2.31. The molecular weight excluding hydrogens is 433 g/mol. The quantitative estimate of drug-likeness (QED) is 0.394. The van der Waals surface area contributed by atoms with Crippen LogP contribution in [0.1, 0.15) is 58.6 Å². The van der Waals surface area contributed by atoms with E-state index in [0.29, 0.717) is 12.8 Å². The average molecular weight is 462 g/mol. The molecule has 2 heterocycles. The van der Waals surface area contributed by atoms with Gasteiger partial charge < -0.3 is 19.9 Å². The number of nitrogen functional groups attached to an aromatic ring is 1. The molecule has 4 unspecified atom stereocenters. The van der Waals surface area contributed by atoms with Gasteiger partial charge in [0, 0.05) is 19.0 Å². The number of esters is 2. The standard InChI is InChI=1S/C20H29ClFN3O6/c1-3-5-7-14(26)29-12-20(11-21)17(30-15(27)8-6-4-2)16(22)18(31-20)25-10-9-13(23)24-19(25)28/h9-10,16-18H,3-8,11-12H2,1-2H3,(H2,23,24,28). The van der Waals surface area contributed by atoms with Crippen LogP contribution in [0.2, 0.25) is 0 Å². The minimum Gasteiger partial charge on any atom is -0.462 e. The van der Waals surface area contributed by atoms with E-state index in [4.69, 9.17) is 31.5 Å². The largest absolute Gasteiger partial charge is 0.462 e. The van der Waals surface area contributed by atoms with E-state index in [0.717, 1.165) is 17.4 Å². The Morgan fingerprint density at radius 1 is 1.29 bits per heavy atom. The number of carbonyl (C=O) groups excluding carboxylic acids is 2. The van der Waals surface area contributed by atoms with E-state index in [1.54, 1.807) is 0 Å². The average Bonchev–Trinajstić information content (AvgIpc) is 3.01. The van der Waals surface area contributed by atoms with Crippen LogP contribution >= 0.6 is 11.6 Å². The molecule has 0 aliphatic carbocycles. The van der Waals surface area contributed by atoms with Crippen molar-refractivity contribution in [2.24, 2.45) is 0 Å². The number of nitrogens with two attached hydrogens (primary N) is 1. The van der Waals surface area contributed by atoms with Crippen molar-refractivity contribution in [3.63, 3.8) is 0 Å². The van der Waals surface area contributed by atoms with Crippen LogP contribution in [-0.2, 0) is 23.8 Å². The molecule has 0 saturated carbocycles. The summed E-state index contributed by atoms with van der Waals surface area (Å²) in [7, 11) is 0. The highest BCUT2D eigenvalue weighted by molar-refractivity contribution is 6.18. The number of carbonyl (C=O) groups is 2. The highest BCUT2D eigenvalue weighted by Crippen LogP contribution is 2.42. The van der Waals surface area contributed by atoms with Gasteiger partial charge in [-0.15, -0.1) is 11.6 Å². The number of unbranched alkanes of at least 4 members (excludes halogenated alkanes) is 2. The third-order valence-electron chi connectivity index (χ3n) is 4.99. The zero-order valence-electron chi connectivity index (χ0n) is 17.7. The number of hydrogen-bond acceptors (Lipinski definition) is 8. The van der Waals surface area contributed by atoms with Crippen molar-refractivity contribution >= 4 is 29.4 Å². The van der Waals surface area contributed by atoms with E-state index < -0.39 is 48.3 Å². The summed E-state index contributed by atoms with van der Waals surface area (Å²) in [5.74, 6) is -1.51. The SMILES string of the molecule is CCCCC(=O)OCC1(CCl)OC(n2ccc(N)nc2=O)C(F)C1OC(=O)CCCC. The summed E-state index contributed by atoms with van der Waals surface area (Å²) >= 11 is 6.12.